The highest BCUT2D eigenvalue weighted by Crippen LogP contribution is 2.49. The van der Waals surface area contributed by atoms with E-state index in [2.05, 4.69) is 11.9 Å². The molecular formula is C30H43NO6. The van der Waals surface area contributed by atoms with Crippen LogP contribution >= 0.6 is 0 Å². The average molecular weight is 514 g/mol. The molecule has 37 heavy (non-hydrogen) atoms. The van der Waals surface area contributed by atoms with E-state index < -0.39 is 35.6 Å². The summed E-state index contributed by atoms with van der Waals surface area (Å²) >= 11 is 0. The Morgan fingerprint density at radius 1 is 1.19 bits per heavy atom. The van der Waals surface area contributed by atoms with Gasteiger partial charge in [-0.1, -0.05) is 32.8 Å². The molecule has 7 nitrogen and oxygen atoms in total. The first-order chi connectivity index (χ1) is 17.6. The van der Waals surface area contributed by atoms with Gasteiger partial charge in [0.2, 0.25) is 0 Å². The van der Waals surface area contributed by atoms with Crippen LogP contribution in [0.5, 0.6) is 0 Å². The third-order valence-electron chi connectivity index (χ3n) is 9.15. The van der Waals surface area contributed by atoms with Crippen LogP contribution in [0, 0.1) is 17.3 Å². The number of ether oxygens (including phenoxy) is 2. The molecule has 1 aromatic heterocycles. The van der Waals surface area contributed by atoms with Crippen LogP contribution < -0.4 is 0 Å². The van der Waals surface area contributed by atoms with E-state index >= 15 is 0 Å². The first kappa shape index (κ1) is 27.9. The lowest BCUT2D eigenvalue weighted by atomic mass is 9.58. The SMILES string of the molecule is CC[C@H]1C(=O)C2(CCC2)[C@@H](O)CC(=O)O[C@H](C(C)=Cc2ccccn2)CC2OC2(C)CCCC(C)[C@H]1O. The number of fused-ring (bicyclic) bond motifs is 1. The molecule has 7 atom stereocenters. The molecule has 3 aliphatic rings. The van der Waals surface area contributed by atoms with E-state index in [9.17, 15) is 19.8 Å². The molecular weight excluding hydrogens is 470 g/mol. The lowest BCUT2D eigenvalue weighted by Gasteiger charge is -2.46. The van der Waals surface area contributed by atoms with Crippen molar-refractivity contribution in [2.45, 2.75) is 115 Å². The molecule has 7 heteroatoms. The molecule has 3 unspecified atom stereocenters. The number of carbonyl (C=O) groups excluding carboxylic acids is 2. The number of pyridine rings is 1. The lowest BCUT2D eigenvalue weighted by Crippen LogP contribution is -2.53. The van der Waals surface area contributed by atoms with E-state index in [4.69, 9.17) is 9.47 Å². The number of ketones is 1. The Balaban J connectivity index is 1.60. The highest BCUT2D eigenvalue weighted by Gasteiger charge is 2.55. The number of hydrogen-bond acceptors (Lipinski definition) is 7. The van der Waals surface area contributed by atoms with E-state index in [-0.39, 0.29) is 29.8 Å². The van der Waals surface area contributed by atoms with Crippen molar-refractivity contribution in [3.63, 3.8) is 0 Å². The number of epoxide rings is 1. The monoisotopic (exact) mass is 513 g/mol. The molecule has 204 valence electrons. The van der Waals surface area contributed by atoms with Crippen molar-refractivity contribution >= 4 is 17.8 Å². The molecule has 4 rings (SSSR count). The Morgan fingerprint density at radius 3 is 2.57 bits per heavy atom. The van der Waals surface area contributed by atoms with E-state index in [0.717, 1.165) is 37.0 Å². The van der Waals surface area contributed by atoms with Gasteiger partial charge in [-0.15, -0.1) is 0 Å². The van der Waals surface area contributed by atoms with Gasteiger partial charge >= 0.3 is 5.97 Å². The minimum Gasteiger partial charge on any atom is -0.458 e. The Kier molecular flexibility index (Phi) is 8.56. The second-order valence-corrected chi connectivity index (χ2v) is 11.7. The summed E-state index contributed by atoms with van der Waals surface area (Å²) in [5.41, 5.74) is 0.356. The van der Waals surface area contributed by atoms with Crippen molar-refractivity contribution in [1.29, 1.82) is 0 Å². The fourth-order valence-electron chi connectivity index (χ4n) is 6.27. The fraction of sp³-hybridized carbons (Fsp3) is 0.700. The Hall–Kier alpha value is -2.09. The van der Waals surface area contributed by atoms with Crippen molar-refractivity contribution in [2.75, 3.05) is 0 Å². The van der Waals surface area contributed by atoms with Gasteiger partial charge in [0.1, 0.15) is 11.9 Å². The van der Waals surface area contributed by atoms with Gasteiger partial charge in [-0.05, 0) is 75.7 Å². The summed E-state index contributed by atoms with van der Waals surface area (Å²) in [5.74, 6) is -1.22. The normalized spacial score (nSPS) is 37.4. The summed E-state index contributed by atoms with van der Waals surface area (Å²) in [5, 5.41) is 22.3. The number of nitrogens with zero attached hydrogens (tertiary/aromatic N) is 1. The third-order valence-corrected chi connectivity index (χ3v) is 9.15. The highest BCUT2D eigenvalue weighted by molar-refractivity contribution is 5.89. The zero-order chi connectivity index (χ0) is 26.8. The molecule has 2 saturated heterocycles. The number of aliphatic hydroxyl groups is 2. The smallest absolute Gasteiger partial charge is 0.309 e. The maximum absolute atomic E-state index is 13.7. The van der Waals surface area contributed by atoms with Crippen LogP contribution in [0.3, 0.4) is 0 Å². The van der Waals surface area contributed by atoms with Crippen LogP contribution in [0.25, 0.3) is 6.08 Å². The summed E-state index contributed by atoms with van der Waals surface area (Å²) in [6.45, 7) is 7.92. The predicted molar refractivity (Wildman–Crippen MR) is 140 cm³/mol. The second kappa shape index (κ2) is 11.3. The van der Waals surface area contributed by atoms with Crippen molar-refractivity contribution in [3.8, 4) is 0 Å². The van der Waals surface area contributed by atoms with Crippen LogP contribution in [-0.2, 0) is 19.1 Å². The molecule has 1 aliphatic carbocycles. The molecule has 3 fully saturated rings. The molecule has 1 spiro atoms. The maximum atomic E-state index is 13.7. The first-order valence-corrected chi connectivity index (χ1v) is 14.0. The van der Waals surface area contributed by atoms with E-state index in [0.29, 0.717) is 25.7 Å². The van der Waals surface area contributed by atoms with Gasteiger partial charge in [-0.25, -0.2) is 0 Å². The zero-order valence-corrected chi connectivity index (χ0v) is 22.7. The largest absolute Gasteiger partial charge is 0.458 e. The predicted octanol–water partition coefficient (Wildman–Crippen LogP) is 4.64. The van der Waals surface area contributed by atoms with E-state index in [1.165, 1.54) is 0 Å². The summed E-state index contributed by atoms with van der Waals surface area (Å²) in [6, 6.07) is 5.66. The van der Waals surface area contributed by atoms with Crippen molar-refractivity contribution in [3.05, 3.63) is 35.7 Å². The van der Waals surface area contributed by atoms with Crippen molar-refractivity contribution < 1.29 is 29.3 Å². The Bertz CT molecular complexity index is 989. The number of aromatic nitrogens is 1. The van der Waals surface area contributed by atoms with Gasteiger partial charge in [-0.2, -0.15) is 0 Å². The highest BCUT2D eigenvalue weighted by atomic mass is 16.6. The minimum absolute atomic E-state index is 0.0432. The van der Waals surface area contributed by atoms with Gasteiger partial charge in [0.05, 0.1) is 41.4 Å². The van der Waals surface area contributed by atoms with Gasteiger partial charge in [0, 0.05) is 18.5 Å². The van der Waals surface area contributed by atoms with Crippen LogP contribution in [0.4, 0.5) is 0 Å². The molecule has 0 bridgehead atoms. The van der Waals surface area contributed by atoms with Crippen LogP contribution in [0.1, 0.15) is 91.2 Å². The molecule has 2 N–H and O–H groups in total. The van der Waals surface area contributed by atoms with E-state index in [1.54, 1.807) is 6.20 Å². The van der Waals surface area contributed by atoms with Gasteiger partial charge < -0.3 is 19.7 Å². The summed E-state index contributed by atoms with van der Waals surface area (Å²) < 4.78 is 12.0. The second-order valence-electron chi connectivity index (χ2n) is 11.7. The standard InChI is InChI=1S/C30H43NO6/c1-5-22-27(34)19(2)10-8-12-29(4)25(37-29)17-23(20(3)16-21-11-6-7-15-31-21)36-26(33)18-24(32)30(28(22)35)13-9-14-30/h6-7,11,15-16,19,22-25,27,32,34H,5,8-10,12-14,17-18H2,1-4H3/t19?,22-,23+,24+,25?,27-,29?/m1/s1. The fourth-order valence-corrected chi connectivity index (χ4v) is 6.27. The molecule has 0 amide bonds. The quantitative estimate of drug-likeness (QED) is 0.448. The molecule has 2 aliphatic heterocycles. The number of Topliss-reactive ketones (excluding diaryl/α,β-unsaturated/α-hetero) is 1. The number of carbonyl (C=O) groups is 2. The van der Waals surface area contributed by atoms with E-state index in [1.807, 2.05) is 45.0 Å². The zero-order valence-electron chi connectivity index (χ0n) is 22.7. The molecule has 3 heterocycles. The average Bonchev–Trinajstić information content (AvgIpc) is 3.46. The van der Waals surface area contributed by atoms with Crippen molar-refractivity contribution in [1.82, 2.24) is 4.98 Å². The topological polar surface area (TPSA) is 109 Å². The third kappa shape index (κ3) is 5.99. The molecule has 0 aromatic carbocycles. The summed E-state index contributed by atoms with van der Waals surface area (Å²) in [4.78, 5) is 31.2. The summed E-state index contributed by atoms with van der Waals surface area (Å²) in [6.07, 6.45) is 6.36. The number of esters is 1. The summed E-state index contributed by atoms with van der Waals surface area (Å²) in [7, 11) is 0. The number of aliphatic hydroxyl groups excluding tert-OH is 2. The van der Waals surface area contributed by atoms with Crippen LogP contribution in [-0.4, -0.2) is 57.0 Å². The molecule has 0 radical (unpaired) electrons. The number of rotatable bonds is 3. The first-order valence-electron chi connectivity index (χ1n) is 14.0. The van der Waals surface area contributed by atoms with Crippen LogP contribution in [0.15, 0.2) is 30.0 Å². The van der Waals surface area contributed by atoms with Gasteiger partial charge in [0.15, 0.2) is 0 Å². The van der Waals surface area contributed by atoms with Gasteiger partial charge in [-0.3, -0.25) is 14.6 Å². The molecule has 1 saturated carbocycles. The molecule has 1 aromatic rings. The Morgan fingerprint density at radius 2 is 1.95 bits per heavy atom. The van der Waals surface area contributed by atoms with Gasteiger partial charge in [0.25, 0.3) is 0 Å². The van der Waals surface area contributed by atoms with Crippen LogP contribution in [0.2, 0.25) is 0 Å². The number of hydrogen-bond donors (Lipinski definition) is 2. The lowest BCUT2D eigenvalue weighted by molar-refractivity contribution is -0.162. The van der Waals surface area contributed by atoms with Crippen molar-refractivity contribution in [2.24, 2.45) is 17.3 Å². The number of cyclic esters (lactones) is 1. The Labute approximate surface area is 220 Å². The maximum Gasteiger partial charge on any atom is 0.309 e. The minimum atomic E-state index is -1.13.